The van der Waals surface area contributed by atoms with E-state index in [2.05, 4.69) is 38.8 Å². The molecule has 8 heteroatoms. The van der Waals surface area contributed by atoms with Crippen molar-refractivity contribution in [1.29, 1.82) is 0 Å². The van der Waals surface area contributed by atoms with Crippen molar-refractivity contribution in [3.05, 3.63) is 62.4 Å². The van der Waals surface area contributed by atoms with E-state index in [-0.39, 0.29) is 22.8 Å². The molecular formula is C23H34N2O5Si. The van der Waals surface area contributed by atoms with E-state index in [0.717, 1.165) is 11.3 Å². The lowest BCUT2D eigenvalue weighted by atomic mass is 10.2. The van der Waals surface area contributed by atoms with Crippen molar-refractivity contribution in [2.24, 2.45) is 0 Å². The van der Waals surface area contributed by atoms with Crippen molar-refractivity contribution in [1.82, 2.24) is 9.55 Å². The predicted octanol–water partition coefficient (Wildman–Crippen LogP) is 3.91. The fraction of sp³-hybridized carbons (Fsp3) is 0.565. The maximum atomic E-state index is 12.4. The van der Waals surface area contributed by atoms with E-state index < -0.39 is 20.2 Å². The molecule has 0 radical (unpaired) electrons. The Morgan fingerprint density at radius 2 is 1.81 bits per heavy atom. The van der Waals surface area contributed by atoms with Crippen molar-refractivity contribution in [3.63, 3.8) is 0 Å². The van der Waals surface area contributed by atoms with Crippen LogP contribution in [0.15, 0.2) is 40.1 Å². The van der Waals surface area contributed by atoms with Crippen molar-refractivity contribution < 1.29 is 13.9 Å². The standard InChI is InChI=1S/C23H34N2O5Si/c1-15-8-10-17(11-9-15)28-14-19-18(30-31(6,7)23(3,4)5)12-20(29-19)25-13-16(2)21(26)24-22(25)27/h8-11,13,18-20H,12,14H2,1-7H3,(H,24,26,27)/t18-,19+,20+/m0/s1. The number of nitrogens with zero attached hydrogens (tertiary/aromatic N) is 1. The van der Waals surface area contributed by atoms with Crippen LogP contribution in [0.4, 0.5) is 0 Å². The zero-order chi connectivity index (χ0) is 23.0. The number of nitrogens with one attached hydrogen (secondary N) is 1. The van der Waals surface area contributed by atoms with Crippen molar-refractivity contribution in [3.8, 4) is 5.75 Å². The average molecular weight is 447 g/mol. The van der Waals surface area contributed by atoms with Gasteiger partial charge in [0.2, 0.25) is 0 Å². The highest BCUT2D eigenvalue weighted by molar-refractivity contribution is 6.74. The second kappa shape index (κ2) is 8.76. The molecule has 1 N–H and O–H groups in total. The summed E-state index contributed by atoms with van der Waals surface area (Å²) >= 11 is 0. The second-order valence-electron chi connectivity index (χ2n) is 9.88. The molecule has 0 saturated carbocycles. The first-order chi connectivity index (χ1) is 14.4. The summed E-state index contributed by atoms with van der Waals surface area (Å²) in [7, 11) is -2.07. The minimum absolute atomic E-state index is 0.0405. The fourth-order valence-electron chi connectivity index (χ4n) is 3.31. The highest BCUT2D eigenvalue weighted by Crippen LogP contribution is 2.41. The molecule has 3 atom stereocenters. The number of rotatable bonds is 6. The van der Waals surface area contributed by atoms with Gasteiger partial charge in [0.05, 0.1) is 6.10 Å². The number of H-pyrrole nitrogens is 1. The van der Waals surface area contributed by atoms with Gasteiger partial charge in [0.25, 0.3) is 5.56 Å². The zero-order valence-corrected chi connectivity index (χ0v) is 20.5. The Kier molecular flexibility index (Phi) is 6.64. The Hall–Kier alpha value is -2.16. The van der Waals surface area contributed by atoms with Gasteiger partial charge in [0.15, 0.2) is 8.32 Å². The third-order valence-electron chi connectivity index (χ3n) is 6.32. The third kappa shape index (κ3) is 5.37. The van der Waals surface area contributed by atoms with E-state index in [1.54, 1.807) is 13.1 Å². The van der Waals surface area contributed by atoms with Crippen LogP contribution >= 0.6 is 0 Å². The van der Waals surface area contributed by atoms with Crippen LogP contribution in [-0.2, 0) is 9.16 Å². The van der Waals surface area contributed by atoms with Crippen LogP contribution in [0.5, 0.6) is 5.75 Å². The van der Waals surface area contributed by atoms with E-state index in [1.165, 1.54) is 4.57 Å². The monoisotopic (exact) mass is 446 g/mol. The molecule has 0 aliphatic carbocycles. The first-order valence-corrected chi connectivity index (χ1v) is 13.6. The number of aromatic nitrogens is 2. The Morgan fingerprint density at radius 3 is 2.42 bits per heavy atom. The molecule has 0 spiro atoms. The summed E-state index contributed by atoms with van der Waals surface area (Å²) < 4.78 is 20.4. The Balaban J connectivity index is 1.84. The zero-order valence-electron chi connectivity index (χ0n) is 19.5. The molecule has 31 heavy (non-hydrogen) atoms. The van der Waals surface area contributed by atoms with Crippen molar-refractivity contribution in [2.45, 2.75) is 77.6 Å². The fourth-order valence-corrected chi connectivity index (χ4v) is 4.67. The lowest BCUT2D eigenvalue weighted by Gasteiger charge is -2.39. The second-order valence-corrected chi connectivity index (χ2v) is 14.6. The quantitative estimate of drug-likeness (QED) is 0.680. The highest BCUT2D eigenvalue weighted by Gasteiger charge is 2.45. The maximum absolute atomic E-state index is 12.4. The molecule has 170 valence electrons. The summed E-state index contributed by atoms with van der Waals surface area (Å²) in [4.78, 5) is 26.5. The van der Waals surface area contributed by atoms with Gasteiger partial charge in [-0.2, -0.15) is 0 Å². The van der Waals surface area contributed by atoms with Gasteiger partial charge in [-0.15, -0.1) is 0 Å². The van der Waals surface area contributed by atoms with E-state index in [0.29, 0.717) is 18.6 Å². The number of hydrogen-bond acceptors (Lipinski definition) is 5. The number of hydrogen-bond donors (Lipinski definition) is 1. The average Bonchev–Trinajstić information content (AvgIpc) is 3.05. The smallest absolute Gasteiger partial charge is 0.330 e. The van der Waals surface area contributed by atoms with Crippen LogP contribution in [0.2, 0.25) is 18.1 Å². The van der Waals surface area contributed by atoms with Gasteiger partial charge in [-0.3, -0.25) is 14.3 Å². The van der Waals surface area contributed by atoms with Gasteiger partial charge in [-0.1, -0.05) is 38.5 Å². The van der Waals surface area contributed by atoms with Crippen LogP contribution in [0.1, 0.15) is 44.5 Å². The van der Waals surface area contributed by atoms with E-state index >= 15 is 0 Å². The van der Waals surface area contributed by atoms with Crippen LogP contribution in [-0.4, -0.2) is 36.7 Å². The Morgan fingerprint density at radius 1 is 1.16 bits per heavy atom. The molecule has 1 fully saturated rings. The molecular weight excluding hydrogens is 412 g/mol. The van der Waals surface area contributed by atoms with E-state index in [9.17, 15) is 9.59 Å². The van der Waals surface area contributed by atoms with Crippen LogP contribution in [0.3, 0.4) is 0 Å². The van der Waals surface area contributed by atoms with Gasteiger partial charge in [-0.25, -0.2) is 4.79 Å². The van der Waals surface area contributed by atoms with E-state index in [4.69, 9.17) is 13.9 Å². The van der Waals surface area contributed by atoms with Crippen molar-refractivity contribution in [2.75, 3.05) is 6.61 Å². The Bertz CT molecular complexity index is 1020. The normalized spacial score (nSPS) is 22.0. The SMILES string of the molecule is Cc1ccc(OC[C@H]2O[C@@H](n3cc(C)c(=O)[nH]c3=O)C[C@@H]2O[Si](C)(C)C(C)(C)C)cc1. The first kappa shape index (κ1) is 23.5. The third-order valence-corrected chi connectivity index (χ3v) is 10.8. The summed E-state index contributed by atoms with van der Waals surface area (Å²) in [6, 6.07) is 7.86. The molecule has 1 aliphatic rings. The van der Waals surface area contributed by atoms with Crippen LogP contribution in [0, 0.1) is 13.8 Å². The number of ether oxygens (including phenoxy) is 2. The number of aryl methyl sites for hydroxylation is 2. The Labute approximate surface area is 184 Å². The summed E-state index contributed by atoms with van der Waals surface area (Å²) in [5.74, 6) is 0.765. The van der Waals surface area contributed by atoms with Gasteiger partial charge in [0, 0.05) is 18.2 Å². The molecule has 0 unspecified atom stereocenters. The molecule has 1 aliphatic heterocycles. The molecule has 2 heterocycles. The predicted molar refractivity (Wildman–Crippen MR) is 123 cm³/mol. The van der Waals surface area contributed by atoms with Gasteiger partial charge in [-0.05, 0) is 44.1 Å². The van der Waals surface area contributed by atoms with Crippen LogP contribution < -0.4 is 16.0 Å². The molecule has 0 bridgehead atoms. The summed E-state index contributed by atoms with van der Waals surface area (Å²) in [6.07, 6.45) is 0.998. The molecule has 1 saturated heterocycles. The minimum Gasteiger partial charge on any atom is -0.491 e. The first-order valence-electron chi connectivity index (χ1n) is 10.7. The maximum Gasteiger partial charge on any atom is 0.330 e. The summed E-state index contributed by atoms with van der Waals surface area (Å²) in [5.41, 5.74) is 0.764. The number of benzene rings is 1. The molecule has 2 aromatic rings. The largest absolute Gasteiger partial charge is 0.491 e. The highest BCUT2D eigenvalue weighted by atomic mass is 28.4. The van der Waals surface area contributed by atoms with Crippen LogP contribution in [0.25, 0.3) is 0 Å². The molecule has 7 nitrogen and oxygen atoms in total. The van der Waals surface area contributed by atoms with Crippen molar-refractivity contribution >= 4 is 8.32 Å². The minimum atomic E-state index is -2.07. The lowest BCUT2D eigenvalue weighted by Crippen LogP contribution is -2.46. The van der Waals surface area contributed by atoms with Gasteiger partial charge >= 0.3 is 5.69 Å². The summed E-state index contributed by atoms with van der Waals surface area (Å²) in [5, 5.41) is 0.0405. The molecule has 1 aromatic carbocycles. The van der Waals surface area contributed by atoms with Gasteiger partial charge in [0.1, 0.15) is 24.7 Å². The summed E-state index contributed by atoms with van der Waals surface area (Å²) in [6.45, 7) is 15.0. The molecule has 1 aromatic heterocycles. The van der Waals surface area contributed by atoms with E-state index in [1.807, 2.05) is 31.2 Å². The molecule has 3 rings (SSSR count). The lowest BCUT2D eigenvalue weighted by molar-refractivity contribution is -0.0389. The topological polar surface area (TPSA) is 82.5 Å². The molecule has 0 amide bonds. The number of aromatic amines is 1. The van der Waals surface area contributed by atoms with Gasteiger partial charge < -0.3 is 13.9 Å².